The number of anilines is 1. The molecule has 0 unspecified atom stereocenters. The molecule has 0 aliphatic rings. The third kappa shape index (κ3) is 3.66. The van der Waals surface area contributed by atoms with Crippen molar-refractivity contribution >= 4 is 39.4 Å². The second-order valence-corrected chi connectivity index (χ2v) is 8.82. The topological polar surface area (TPSA) is 123 Å². The molecule has 4 aromatic heterocycles. The van der Waals surface area contributed by atoms with Crippen LogP contribution < -0.4 is 5.32 Å². The molecule has 37 heavy (non-hydrogen) atoms. The summed E-state index contributed by atoms with van der Waals surface area (Å²) in [6.45, 7) is 5.88. The van der Waals surface area contributed by atoms with Crippen molar-refractivity contribution in [2.45, 2.75) is 20.8 Å². The van der Waals surface area contributed by atoms with Crippen LogP contribution in [0.5, 0.6) is 0 Å². The van der Waals surface area contributed by atoms with Gasteiger partial charge < -0.3 is 10.3 Å². The predicted octanol–water partition coefficient (Wildman–Crippen LogP) is 4.23. The summed E-state index contributed by atoms with van der Waals surface area (Å²) < 4.78 is 3.26. The Kier molecular flexibility index (Phi) is 5.15. The number of H-pyrrole nitrogens is 1. The largest absolute Gasteiger partial charge is 0.360 e. The Hall–Kier alpha value is -5.12. The van der Waals surface area contributed by atoms with Gasteiger partial charge in [0.05, 0.1) is 28.5 Å². The van der Waals surface area contributed by atoms with Crippen molar-refractivity contribution in [3.8, 4) is 11.5 Å². The van der Waals surface area contributed by atoms with Gasteiger partial charge in [-0.2, -0.15) is 14.9 Å². The number of rotatable bonds is 5. The lowest BCUT2D eigenvalue weighted by atomic mass is 10.1. The fourth-order valence-electron chi connectivity index (χ4n) is 4.45. The summed E-state index contributed by atoms with van der Waals surface area (Å²) >= 11 is 0. The number of aromatic amines is 1. The first-order valence-electron chi connectivity index (χ1n) is 11.7. The van der Waals surface area contributed by atoms with Crippen LogP contribution in [0.2, 0.25) is 0 Å². The highest BCUT2D eigenvalue weighted by Gasteiger charge is 2.23. The van der Waals surface area contributed by atoms with Gasteiger partial charge in [-0.25, -0.2) is 14.6 Å². The molecule has 0 atom stereocenters. The molecule has 0 spiro atoms. The van der Waals surface area contributed by atoms with Crippen LogP contribution in [0.25, 0.3) is 33.4 Å². The van der Waals surface area contributed by atoms with Gasteiger partial charge in [-0.05, 0) is 44.0 Å². The number of carbonyl (C=O) groups excluding carboxylic acids is 2. The monoisotopic (exact) mass is 490 g/mol. The minimum absolute atomic E-state index is 0.301. The molecule has 0 fully saturated rings. The van der Waals surface area contributed by atoms with E-state index in [0.717, 1.165) is 22.3 Å². The lowest BCUT2D eigenvalue weighted by Crippen LogP contribution is -2.24. The summed E-state index contributed by atoms with van der Waals surface area (Å²) in [6.07, 6.45) is 4.65. The second-order valence-electron chi connectivity index (χ2n) is 8.82. The van der Waals surface area contributed by atoms with Crippen molar-refractivity contribution in [1.29, 1.82) is 0 Å². The number of amides is 1. The van der Waals surface area contributed by atoms with Gasteiger partial charge in [-0.1, -0.05) is 30.3 Å². The first kappa shape index (κ1) is 22.4. The predicted molar refractivity (Wildman–Crippen MR) is 139 cm³/mol. The van der Waals surface area contributed by atoms with E-state index >= 15 is 0 Å². The molecule has 10 nitrogen and oxygen atoms in total. The number of hydrogen-bond donors (Lipinski definition) is 2. The molecule has 0 aliphatic heterocycles. The first-order chi connectivity index (χ1) is 17.9. The Morgan fingerprint density at radius 1 is 0.946 bits per heavy atom. The molecule has 182 valence electrons. The SMILES string of the molecule is Cc1cc(NC(=O)C(=O)c2c[nH]c3ccccc23)n(-c2ncnc3c2cnn3-c2cccc(C)c2C)n1. The number of nitrogens with zero attached hydrogens (tertiary/aromatic N) is 6. The number of ketones is 1. The van der Waals surface area contributed by atoms with Gasteiger partial charge >= 0.3 is 0 Å². The molecular weight excluding hydrogens is 468 g/mol. The van der Waals surface area contributed by atoms with Crippen LogP contribution in [-0.2, 0) is 4.79 Å². The van der Waals surface area contributed by atoms with Crippen molar-refractivity contribution in [2.75, 3.05) is 5.32 Å². The molecule has 0 aliphatic carbocycles. The van der Waals surface area contributed by atoms with Crippen LogP contribution >= 0.6 is 0 Å². The maximum Gasteiger partial charge on any atom is 0.298 e. The smallest absolute Gasteiger partial charge is 0.298 e. The molecule has 6 aromatic rings. The number of aromatic nitrogens is 7. The summed E-state index contributed by atoms with van der Waals surface area (Å²) in [5.74, 6) is -0.680. The Balaban J connectivity index is 1.38. The molecule has 4 heterocycles. The highest BCUT2D eigenvalue weighted by Crippen LogP contribution is 2.26. The van der Waals surface area contributed by atoms with Crippen LogP contribution in [-0.4, -0.2) is 46.2 Å². The van der Waals surface area contributed by atoms with Gasteiger partial charge in [0.1, 0.15) is 12.1 Å². The number of hydrogen-bond acceptors (Lipinski definition) is 6. The van der Waals surface area contributed by atoms with Crippen LogP contribution in [0.1, 0.15) is 27.2 Å². The number of nitrogens with one attached hydrogen (secondary N) is 2. The maximum absolute atomic E-state index is 13.0. The van der Waals surface area contributed by atoms with Gasteiger partial charge in [0.25, 0.3) is 11.7 Å². The average Bonchev–Trinajstić information content (AvgIpc) is 3.61. The molecular formula is C27H22N8O2. The Morgan fingerprint density at radius 3 is 2.65 bits per heavy atom. The van der Waals surface area contributed by atoms with Gasteiger partial charge in [0.2, 0.25) is 0 Å². The lowest BCUT2D eigenvalue weighted by Gasteiger charge is -2.10. The van der Waals surface area contributed by atoms with Crippen molar-refractivity contribution in [1.82, 2.24) is 34.5 Å². The van der Waals surface area contributed by atoms with Crippen molar-refractivity contribution in [3.63, 3.8) is 0 Å². The number of Topliss-reactive ketones (excluding diaryl/α,β-unsaturated/α-hetero) is 1. The quantitative estimate of drug-likeness (QED) is 0.275. The highest BCUT2D eigenvalue weighted by atomic mass is 16.2. The van der Waals surface area contributed by atoms with Gasteiger partial charge in [0.15, 0.2) is 11.5 Å². The lowest BCUT2D eigenvalue weighted by molar-refractivity contribution is -0.112. The fraction of sp³-hybridized carbons (Fsp3) is 0.111. The first-order valence-corrected chi connectivity index (χ1v) is 11.7. The molecule has 0 saturated heterocycles. The third-order valence-corrected chi connectivity index (χ3v) is 6.46. The third-order valence-electron chi connectivity index (χ3n) is 6.46. The molecule has 10 heteroatoms. The number of fused-ring (bicyclic) bond motifs is 2. The summed E-state index contributed by atoms with van der Waals surface area (Å²) in [7, 11) is 0. The minimum Gasteiger partial charge on any atom is -0.360 e. The van der Waals surface area contributed by atoms with E-state index in [2.05, 4.69) is 30.5 Å². The van der Waals surface area contributed by atoms with E-state index in [4.69, 9.17) is 0 Å². The molecule has 1 amide bonds. The highest BCUT2D eigenvalue weighted by molar-refractivity contribution is 6.48. The van der Waals surface area contributed by atoms with Crippen molar-refractivity contribution in [3.05, 3.63) is 89.6 Å². The zero-order valence-corrected chi connectivity index (χ0v) is 20.4. The fourth-order valence-corrected chi connectivity index (χ4v) is 4.45. The van der Waals surface area contributed by atoms with Crippen molar-refractivity contribution in [2.24, 2.45) is 0 Å². The van der Waals surface area contributed by atoms with E-state index in [0.29, 0.717) is 39.3 Å². The molecule has 6 rings (SSSR count). The summed E-state index contributed by atoms with van der Waals surface area (Å²) in [4.78, 5) is 37.9. The summed E-state index contributed by atoms with van der Waals surface area (Å²) in [5.41, 5.74) is 5.46. The Labute approximate surface area is 211 Å². The molecule has 2 aromatic carbocycles. The molecule has 0 bridgehead atoms. The van der Waals surface area contributed by atoms with Gasteiger partial charge in [-0.15, -0.1) is 0 Å². The van der Waals surface area contributed by atoms with E-state index in [9.17, 15) is 9.59 Å². The van der Waals surface area contributed by atoms with Gasteiger partial charge in [-0.3, -0.25) is 9.59 Å². The zero-order valence-electron chi connectivity index (χ0n) is 20.4. The van der Waals surface area contributed by atoms with Crippen LogP contribution in [0.4, 0.5) is 5.82 Å². The summed E-state index contributed by atoms with van der Waals surface area (Å²) in [5, 5.41) is 13.1. The Morgan fingerprint density at radius 2 is 1.78 bits per heavy atom. The maximum atomic E-state index is 13.0. The van der Waals surface area contributed by atoms with Crippen LogP contribution in [0.15, 0.2) is 67.3 Å². The van der Waals surface area contributed by atoms with E-state index in [1.165, 1.54) is 11.0 Å². The number of carbonyl (C=O) groups is 2. The van der Waals surface area contributed by atoms with Crippen molar-refractivity contribution < 1.29 is 9.59 Å². The molecule has 0 saturated carbocycles. The number of aryl methyl sites for hydroxylation is 2. The summed E-state index contributed by atoms with van der Waals surface area (Å²) in [6, 6.07) is 15.0. The van der Waals surface area contributed by atoms with Crippen LogP contribution in [0.3, 0.4) is 0 Å². The van der Waals surface area contributed by atoms with Crippen LogP contribution in [0, 0.1) is 20.8 Å². The second kappa shape index (κ2) is 8.52. The van der Waals surface area contributed by atoms with E-state index in [1.807, 2.05) is 50.2 Å². The van der Waals surface area contributed by atoms with E-state index in [-0.39, 0.29) is 0 Å². The Bertz CT molecular complexity index is 1840. The normalized spacial score (nSPS) is 11.3. The number of benzene rings is 2. The average molecular weight is 491 g/mol. The van der Waals surface area contributed by atoms with Gasteiger partial charge in [0, 0.05) is 23.2 Å². The minimum atomic E-state index is -0.776. The molecule has 0 radical (unpaired) electrons. The van der Waals surface area contributed by atoms with E-state index in [1.54, 1.807) is 36.1 Å². The standard InChI is InChI=1S/C27H22N8O2/c1-15-7-6-10-22(17(15)3)34-25-20(13-31-34)26(30-14-29-25)35-23(11-16(2)33-35)32-27(37)24(36)19-12-28-21-9-5-4-8-18(19)21/h4-14,28H,1-3H3,(H,32,37). The zero-order chi connectivity index (χ0) is 25.7. The number of para-hydroxylation sites is 1. The van der Waals surface area contributed by atoms with E-state index < -0.39 is 11.7 Å². The molecule has 2 N–H and O–H groups in total.